The number of aromatic nitrogens is 1. The molecule has 36 heavy (non-hydrogen) atoms. The Bertz CT molecular complexity index is 1450. The van der Waals surface area contributed by atoms with Crippen LogP contribution in [-0.4, -0.2) is 34.1 Å². The van der Waals surface area contributed by atoms with E-state index in [4.69, 9.17) is 17.0 Å². The van der Waals surface area contributed by atoms with Crippen LogP contribution in [0.1, 0.15) is 45.4 Å². The second-order valence-corrected chi connectivity index (χ2v) is 9.00. The molecule has 1 fully saturated rings. The molecule has 0 radical (unpaired) electrons. The van der Waals surface area contributed by atoms with Gasteiger partial charge in [0.15, 0.2) is 5.11 Å². The Morgan fingerprint density at radius 2 is 1.78 bits per heavy atom. The first kappa shape index (κ1) is 25.1. The summed E-state index contributed by atoms with van der Waals surface area (Å²) in [6, 6.07) is 14.7. The fourth-order valence-electron chi connectivity index (χ4n) is 4.33. The van der Waals surface area contributed by atoms with Crippen LogP contribution >= 0.6 is 12.2 Å². The number of aryl methyl sites for hydroxylation is 2. The number of carbonyl (C=O) groups excluding carboxylic acids is 3. The highest BCUT2D eigenvalue weighted by molar-refractivity contribution is 7.80. The van der Waals surface area contributed by atoms with E-state index in [9.17, 15) is 14.4 Å². The Morgan fingerprint density at radius 1 is 1.06 bits per heavy atom. The molecule has 1 saturated heterocycles. The lowest BCUT2D eigenvalue weighted by molar-refractivity contribution is -0.122. The first-order valence-corrected chi connectivity index (χ1v) is 12.0. The highest BCUT2D eigenvalue weighted by Gasteiger charge is 2.35. The van der Waals surface area contributed by atoms with Gasteiger partial charge in [0.25, 0.3) is 11.8 Å². The summed E-state index contributed by atoms with van der Waals surface area (Å²) in [5, 5.41) is 2.70. The van der Waals surface area contributed by atoms with Gasteiger partial charge in [0.1, 0.15) is 5.57 Å². The third-order valence-electron chi connectivity index (χ3n) is 6.30. The van der Waals surface area contributed by atoms with Crippen molar-refractivity contribution < 1.29 is 19.1 Å². The summed E-state index contributed by atoms with van der Waals surface area (Å²) in [7, 11) is 0. The maximum atomic E-state index is 13.5. The Kier molecular flexibility index (Phi) is 6.90. The van der Waals surface area contributed by atoms with Crippen LogP contribution in [0.4, 0.5) is 5.69 Å². The van der Waals surface area contributed by atoms with Crippen LogP contribution in [0.3, 0.4) is 0 Å². The van der Waals surface area contributed by atoms with E-state index < -0.39 is 17.8 Å². The smallest absolute Gasteiger partial charge is 0.338 e. The summed E-state index contributed by atoms with van der Waals surface area (Å²) in [5.74, 6) is -1.41. The quantitative estimate of drug-likeness (QED) is 0.237. The van der Waals surface area contributed by atoms with Crippen LogP contribution in [0.25, 0.3) is 11.8 Å². The highest BCUT2D eigenvalue weighted by atomic mass is 32.1. The maximum Gasteiger partial charge on any atom is 0.338 e. The van der Waals surface area contributed by atoms with E-state index in [0.29, 0.717) is 23.4 Å². The molecule has 0 spiro atoms. The molecule has 184 valence electrons. The van der Waals surface area contributed by atoms with Crippen molar-refractivity contribution in [1.82, 2.24) is 9.88 Å². The Hall–Kier alpha value is -4.04. The number of carbonyl (C=O) groups is 3. The maximum absolute atomic E-state index is 13.5. The molecule has 3 aromatic rings. The van der Waals surface area contributed by atoms with Crippen molar-refractivity contribution in [1.29, 1.82) is 0 Å². The lowest BCUT2D eigenvalue weighted by Gasteiger charge is -2.30. The molecule has 2 heterocycles. The normalized spacial score (nSPS) is 14.9. The molecule has 1 N–H and O–H groups in total. The van der Waals surface area contributed by atoms with Gasteiger partial charge in [-0.15, -0.1) is 0 Å². The van der Waals surface area contributed by atoms with Crippen LogP contribution in [0, 0.1) is 27.7 Å². The zero-order valence-corrected chi connectivity index (χ0v) is 21.7. The van der Waals surface area contributed by atoms with Gasteiger partial charge in [0, 0.05) is 17.1 Å². The topological polar surface area (TPSA) is 80.6 Å². The molecule has 1 aliphatic rings. The van der Waals surface area contributed by atoms with Crippen LogP contribution in [-0.2, 0) is 14.3 Å². The van der Waals surface area contributed by atoms with Crippen molar-refractivity contribution in [3.05, 3.63) is 87.7 Å². The number of rotatable bonds is 5. The van der Waals surface area contributed by atoms with Crippen molar-refractivity contribution in [3.63, 3.8) is 0 Å². The second kappa shape index (κ2) is 9.91. The minimum atomic E-state index is -0.541. The SMILES string of the molecule is CCOC(=O)c1cccc(-n2c(C)cc(C=C3C(=O)NC(=S)N(c4cccc(C)c4C)C3=O)c2C)c1. The lowest BCUT2D eigenvalue weighted by atomic mass is 10.0. The van der Waals surface area contributed by atoms with Gasteiger partial charge >= 0.3 is 5.97 Å². The summed E-state index contributed by atoms with van der Waals surface area (Å²) in [6.45, 7) is 9.75. The molecule has 0 saturated carbocycles. The number of thiocarbonyl (C=S) groups is 1. The lowest BCUT2D eigenvalue weighted by Crippen LogP contribution is -2.54. The molecule has 0 unspecified atom stereocenters. The fourth-order valence-corrected chi connectivity index (χ4v) is 4.60. The average molecular weight is 502 g/mol. The number of esters is 1. The van der Waals surface area contributed by atoms with Crippen LogP contribution < -0.4 is 10.2 Å². The van der Waals surface area contributed by atoms with E-state index in [0.717, 1.165) is 28.2 Å². The van der Waals surface area contributed by atoms with E-state index in [1.54, 1.807) is 31.2 Å². The standard InChI is InChI=1S/C28H27N3O4S/c1-6-35-27(34)20-10-8-11-22(14-20)30-17(3)13-21(19(30)5)15-23-25(32)29-28(36)31(26(23)33)24-12-7-9-16(2)18(24)4/h7-15H,6H2,1-5H3,(H,29,32,36). The predicted octanol–water partition coefficient (Wildman–Crippen LogP) is 4.72. The summed E-state index contributed by atoms with van der Waals surface area (Å²) in [6.07, 6.45) is 1.59. The number of ether oxygens (including phenoxy) is 1. The van der Waals surface area contributed by atoms with E-state index in [-0.39, 0.29) is 10.7 Å². The third-order valence-corrected chi connectivity index (χ3v) is 6.59. The molecule has 1 aromatic heterocycles. The van der Waals surface area contributed by atoms with Gasteiger partial charge in [0.2, 0.25) is 0 Å². The Labute approximate surface area is 215 Å². The average Bonchev–Trinajstić information content (AvgIpc) is 3.12. The van der Waals surface area contributed by atoms with Gasteiger partial charge < -0.3 is 9.30 Å². The zero-order valence-electron chi connectivity index (χ0n) is 20.8. The summed E-state index contributed by atoms with van der Waals surface area (Å²) in [5.41, 5.74) is 6.17. The van der Waals surface area contributed by atoms with Gasteiger partial charge in [-0.1, -0.05) is 18.2 Å². The summed E-state index contributed by atoms with van der Waals surface area (Å²) < 4.78 is 7.09. The monoisotopic (exact) mass is 501 g/mol. The van der Waals surface area contributed by atoms with Crippen LogP contribution in [0.2, 0.25) is 0 Å². The molecule has 4 rings (SSSR count). The molecule has 2 aromatic carbocycles. The number of nitrogens with zero attached hydrogens (tertiary/aromatic N) is 2. The van der Waals surface area contributed by atoms with E-state index in [2.05, 4.69) is 5.32 Å². The molecule has 0 aliphatic carbocycles. The molecular formula is C28H27N3O4S. The van der Waals surface area contributed by atoms with Crippen LogP contribution in [0.15, 0.2) is 54.1 Å². The van der Waals surface area contributed by atoms with Crippen molar-refractivity contribution in [3.8, 4) is 5.69 Å². The number of hydrogen-bond acceptors (Lipinski definition) is 5. The summed E-state index contributed by atoms with van der Waals surface area (Å²) >= 11 is 5.35. The molecular weight excluding hydrogens is 474 g/mol. The number of amides is 2. The Balaban J connectivity index is 1.75. The number of anilines is 1. The largest absolute Gasteiger partial charge is 0.462 e. The molecule has 8 heteroatoms. The molecule has 1 aliphatic heterocycles. The minimum absolute atomic E-state index is 0.00923. The first-order valence-electron chi connectivity index (χ1n) is 11.6. The van der Waals surface area contributed by atoms with Crippen molar-refractivity contribution in [2.24, 2.45) is 0 Å². The van der Waals surface area contributed by atoms with Crippen molar-refractivity contribution in [2.45, 2.75) is 34.6 Å². The number of nitrogens with one attached hydrogen (secondary N) is 1. The van der Waals surface area contributed by atoms with Gasteiger partial charge in [-0.25, -0.2) is 4.79 Å². The second-order valence-electron chi connectivity index (χ2n) is 8.61. The highest BCUT2D eigenvalue weighted by Crippen LogP contribution is 2.29. The molecule has 0 atom stereocenters. The third kappa shape index (κ3) is 4.47. The predicted molar refractivity (Wildman–Crippen MR) is 143 cm³/mol. The van der Waals surface area contributed by atoms with E-state index in [1.165, 1.54) is 4.90 Å². The van der Waals surface area contributed by atoms with Crippen molar-refractivity contribution >= 4 is 46.9 Å². The molecule has 2 amide bonds. The van der Waals surface area contributed by atoms with Gasteiger partial charge in [-0.3, -0.25) is 19.8 Å². The molecule has 0 bridgehead atoms. The van der Waals surface area contributed by atoms with Gasteiger partial charge in [-0.2, -0.15) is 0 Å². The van der Waals surface area contributed by atoms with Gasteiger partial charge in [0.05, 0.1) is 17.9 Å². The number of hydrogen-bond donors (Lipinski definition) is 1. The number of benzene rings is 2. The minimum Gasteiger partial charge on any atom is -0.462 e. The van der Waals surface area contributed by atoms with Crippen molar-refractivity contribution in [2.75, 3.05) is 11.5 Å². The first-order chi connectivity index (χ1) is 17.1. The van der Waals surface area contributed by atoms with E-state index in [1.807, 2.05) is 62.6 Å². The zero-order chi connectivity index (χ0) is 26.1. The van der Waals surface area contributed by atoms with Gasteiger partial charge in [-0.05, 0) is 99.9 Å². The summed E-state index contributed by atoms with van der Waals surface area (Å²) in [4.78, 5) is 39.9. The van der Waals surface area contributed by atoms with E-state index >= 15 is 0 Å². The fraction of sp³-hybridized carbons (Fsp3) is 0.214. The molecule has 7 nitrogen and oxygen atoms in total. The van der Waals surface area contributed by atoms with Crippen LogP contribution in [0.5, 0.6) is 0 Å². The Morgan fingerprint density at radius 3 is 2.50 bits per heavy atom.